The van der Waals surface area contributed by atoms with E-state index < -0.39 is 11.9 Å². The lowest BCUT2D eigenvalue weighted by Gasteiger charge is -2.04. The highest BCUT2D eigenvalue weighted by atomic mass is 35.5. The average Bonchev–Trinajstić information content (AvgIpc) is 3.36. The lowest BCUT2D eigenvalue weighted by Crippen LogP contribution is -2.30. The third-order valence-electron chi connectivity index (χ3n) is 3.98. The van der Waals surface area contributed by atoms with Crippen LogP contribution in [0.15, 0.2) is 59.0 Å². The number of nitrogens with one attached hydrogen (secondary N) is 1. The van der Waals surface area contributed by atoms with Gasteiger partial charge in [-0.05, 0) is 18.2 Å². The van der Waals surface area contributed by atoms with Crippen LogP contribution in [-0.2, 0) is 16.1 Å². The fraction of sp³-hybridized carbons (Fsp3) is 0.100. The highest BCUT2D eigenvalue weighted by Gasteiger charge is 2.18. The zero-order valence-electron chi connectivity index (χ0n) is 14.9. The number of aromatic nitrogens is 2. The molecule has 0 saturated carbocycles. The number of carbonyl (C=O) groups is 2. The molecule has 2 aromatic heterocycles. The third-order valence-corrected chi connectivity index (χ3v) is 5.65. The van der Waals surface area contributed by atoms with Crippen molar-refractivity contribution in [3.63, 3.8) is 0 Å². The number of ether oxygens (including phenoxy) is 1. The van der Waals surface area contributed by atoms with Crippen LogP contribution in [0.25, 0.3) is 21.5 Å². The smallest absolute Gasteiger partial charge is 0.325 e. The van der Waals surface area contributed by atoms with Crippen molar-refractivity contribution in [3.8, 4) is 11.5 Å². The molecule has 0 aliphatic carbocycles. The summed E-state index contributed by atoms with van der Waals surface area (Å²) in [5.74, 6) is -0.562. The van der Waals surface area contributed by atoms with Gasteiger partial charge in [0.25, 0.3) is 11.8 Å². The summed E-state index contributed by atoms with van der Waals surface area (Å²) in [6.07, 6.45) is 0. The number of nitrogens with zero attached hydrogens (tertiary/aromatic N) is 2. The largest absolute Gasteiger partial charge is 0.454 e. The summed E-state index contributed by atoms with van der Waals surface area (Å²) in [5.41, 5.74) is 0.769. The van der Waals surface area contributed by atoms with Crippen molar-refractivity contribution < 1.29 is 18.7 Å². The van der Waals surface area contributed by atoms with Crippen LogP contribution in [0.3, 0.4) is 0 Å². The summed E-state index contributed by atoms with van der Waals surface area (Å²) >= 11 is 7.53. The van der Waals surface area contributed by atoms with Crippen molar-refractivity contribution in [2.45, 2.75) is 6.61 Å². The predicted molar refractivity (Wildman–Crippen MR) is 109 cm³/mol. The number of benzene rings is 2. The second-order valence-electron chi connectivity index (χ2n) is 5.95. The molecule has 0 unspecified atom stereocenters. The summed E-state index contributed by atoms with van der Waals surface area (Å²) in [5, 5.41) is 11.5. The van der Waals surface area contributed by atoms with Gasteiger partial charge >= 0.3 is 5.97 Å². The Balaban J connectivity index is 1.30. The van der Waals surface area contributed by atoms with Gasteiger partial charge in [-0.15, -0.1) is 21.5 Å². The maximum atomic E-state index is 12.3. The Morgan fingerprint density at radius 2 is 1.83 bits per heavy atom. The number of hydrogen-bond donors (Lipinski definition) is 1. The van der Waals surface area contributed by atoms with Crippen molar-refractivity contribution >= 4 is 44.9 Å². The number of halogens is 1. The molecule has 0 aliphatic heterocycles. The maximum absolute atomic E-state index is 12.3. The van der Waals surface area contributed by atoms with Gasteiger partial charge in [0.2, 0.25) is 5.89 Å². The topological polar surface area (TPSA) is 94.3 Å². The molecule has 2 aromatic carbocycles. The van der Waals surface area contributed by atoms with E-state index in [9.17, 15) is 9.59 Å². The van der Waals surface area contributed by atoms with Gasteiger partial charge in [0.05, 0.1) is 5.02 Å². The molecule has 7 nitrogen and oxygen atoms in total. The first-order valence-electron chi connectivity index (χ1n) is 8.60. The molecule has 29 heavy (non-hydrogen) atoms. The van der Waals surface area contributed by atoms with Crippen LogP contribution in [0.4, 0.5) is 0 Å². The number of hydrogen-bond acceptors (Lipinski definition) is 7. The van der Waals surface area contributed by atoms with Gasteiger partial charge in [0.15, 0.2) is 6.61 Å². The summed E-state index contributed by atoms with van der Waals surface area (Å²) in [7, 11) is 0. The van der Waals surface area contributed by atoms with E-state index >= 15 is 0 Å². The fourth-order valence-electron chi connectivity index (χ4n) is 2.60. The second kappa shape index (κ2) is 8.42. The minimum Gasteiger partial charge on any atom is -0.454 e. The monoisotopic (exact) mass is 427 g/mol. The molecule has 0 fully saturated rings. The van der Waals surface area contributed by atoms with Crippen LogP contribution in [-0.4, -0.2) is 28.6 Å². The van der Waals surface area contributed by atoms with Crippen LogP contribution < -0.4 is 5.32 Å². The molecule has 4 aromatic rings. The Morgan fingerprint density at radius 1 is 1.07 bits per heavy atom. The van der Waals surface area contributed by atoms with E-state index in [4.69, 9.17) is 20.8 Å². The molecule has 0 radical (unpaired) electrons. The maximum Gasteiger partial charge on any atom is 0.325 e. The lowest BCUT2D eigenvalue weighted by molar-refractivity contribution is -0.144. The summed E-state index contributed by atoms with van der Waals surface area (Å²) < 4.78 is 11.4. The number of thiophene rings is 1. The van der Waals surface area contributed by atoms with Crippen LogP contribution in [0.1, 0.15) is 15.6 Å². The van der Waals surface area contributed by atoms with Crippen molar-refractivity contribution in [3.05, 3.63) is 70.4 Å². The summed E-state index contributed by atoms with van der Waals surface area (Å²) in [6.45, 7) is -0.485. The van der Waals surface area contributed by atoms with E-state index in [-0.39, 0.29) is 19.0 Å². The molecule has 0 saturated heterocycles. The predicted octanol–water partition coefficient (Wildman–Crippen LogP) is 4.08. The van der Waals surface area contributed by atoms with Crippen molar-refractivity contribution in [1.29, 1.82) is 0 Å². The Bertz CT molecular complexity index is 1170. The van der Waals surface area contributed by atoms with Gasteiger partial charge in [-0.1, -0.05) is 48.0 Å². The number of esters is 1. The van der Waals surface area contributed by atoms with Gasteiger partial charge in [-0.25, -0.2) is 0 Å². The van der Waals surface area contributed by atoms with Gasteiger partial charge in [0, 0.05) is 15.6 Å². The number of rotatable bonds is 6. The third kappa shape index (κ3) is 4.28. The molecule has 0 atom stereocenters. The molecule has 1 N–H and O–H groups in total. The van der Waals surface area contributed by atoms with Gasteiger partial charge in [-0.2, -0.15) is 0 Å². The first kappa shape index (κ1) is 19.1. The first-order chi connectivity index (χ1) is 14.1. The number of carbonyl (C=O) groups excluding carboxylic acids is 2. The molecule has 4 rings (SSSR count). The minimum absolute atomic E-state index is 0.163. The molecule has 0 spiro atoms. The van der Waals surface area contributed by atoms with E-state index in [1.165, 1.54) is 11.3 Å². The Hall–Kier alpha value is -3.23. The molecule has 1 amide bonds. The standard InChI is InChI=1S/C20H14ClN3O4S/c21-17-13-8-4-5-9-14(13)29-18(17)19(26)22-10-16(25)27-11-15-23-24-20(28-15)12-6-2-1-3-7-12/h1-9H,10-11H2,(H,22,26). The van der Waals surface area contributed by atoms with Crippen molar-refractivity contribution in [2.24, 2.45) is 0 Å². The second-order valence-corrected chi connectivity index (χ2v) is 7.38. The van der Waals surface area contributed by atoms with Gasteiger partial charge in [-0.3, -0.25) is 9.59 Å². The fourth-order valence-corrected chi connectivity index (χ4v) is 4.03. The van der Waals surface area contributed by atoms with Crippen LogP contribution in [0.5, 0.6) is 0 Å². The molecule has 0 bridgehead atoms. The summed E-state index contributed by atoms with van der Waals surface area (Å²) in [6, 6.07) is 16.7. The number of fused-ring (bicyclic) bond motifs is 1. The average molecular weight is 428 g/mol. The molecular formula is C20H14ClN3O4S. The SMILES string of the molecule is O=C(CNC(=O)c1sc2ccccc2c1Cl)OCc1nnc(-c2ccccc2)o1. The highest BCUT2D eigenvalue weighted by Crippen LogP contribution is 2.34. The van der Waals surface area contributed by atoms with Crippen molar-refractivity contribution in [1.82, 2.24) is 15.5 Å². The normalized spacial score (nSPS) is 10.8. The minimum atomic E-state index is -0.630. The molecule has 9 heteroatoms. The molecule has 0 aliphatic rings. The summed E-state index contributed by atoms with van der Waals surface area (Å²) in [4.78, 5) is 24.6. The zero-order valence-corrected chi connectivity index (χ0v) is 16.5. The van der Waals surface area contributed by atoms with E-state index in [0.29, 0.717) is 15.8 Å². The molecule has 146 valence electrons. The van der Waals surface area contributed by atoms with E-state index in [0.717, 1.165) is 15.6 Å². The first-order valence-corrected chi connectivity index (χ1v) is 9.80. The highest BCUT2D eigenvalue weighted by molar-refractivity contribution is 7.21. The number of amides is 1. The lowest BCUT2D eigenvalue weighted by atomic mass is 10.2. The van der Waals surface area contributed by atoms with Crippen LogP contribution in [0.2, 0.25) is 5.02 Å². The Kier molecular flexibility index (Phi) is 5.55. The van der Waals surface area contributed by atoms with Gasteiger partial charge in [0.1, 0.15) is 11.4 Å². The Morgan fingerprint density at radius 3 is 2.62 bits per heavy atom. The Labute approximate surface area is 174 Å². The van der Waals surface area contributed by atoms with Crippen LogP contribution >= 0.6 is 22.9 Å². The zero-order chi connectivity index (χ0) is 20.2. The van der Waals surface area contributed by atoms with E-state index in [1.54, 1.807) is 0 Å². The van der Waals surface area contributed by atoms with Gasteiger partial charge < -0.3 is 14.5 Å². The van der Waals surface area contributed by atoms with Crippen molar-refractivity contribution in [2.75, 3.05) is 6.54 Å². The quantitative estimate of drug-likeness (QED) is 0.466. The van der Waals surface area contributed by atoms with E-state index in [1.807, 2.05) is 54.6 Å². The molecular weight excluding hydrogens is 414 g/mol. The molecule has 2 heterocycles. The van der Waals surface area contributed by atoms with E-state index in [2.05, 4.69) is 15.5 Å². The van der Waals surface area contributed by atoms with Crippen LogP contribution in [0, 0.1) is 0 Å².